The maximum atomic E-state index is 5.17. The largest absolute Gasteiger partial charge is 0.383 e. The van der Waals surface area contributed by atoms with E-state index in [1.807, 2.05) is 0 Å². The minimum Gasteiger partial charge on any atom is -0.383 e. The molecule has 1 saturated carbocycles. The predicted molar refractivity (Wildman–Crippen MR) is 82.4 cm³/mol. The maximum absolute atomic E-state index is 5.17. The molecule has 5 heteroatoms. The second kappa shape index (κ2) is 7.43. The molecule has 0 bridgehead atoms. The Kier molecular flexibility index (Phi) is 5.59. The van der Waals surface area contributed by atoms with Crippen molar-refractivity contribution in [1.82, 2.24) is 9.97 Å². The summed E-state index contributed by atoms with van der Waals surface area (Å²) < 4.78 is 5.17. The third kappa shape index (κ3) is 3.60. The van der Waals surface area contributed by atoms with Gasteiger partial charge in [-0.05, 0) is 26.7 Å². The van der Waals surface area contributed by atoms with Crippen LogP contribution in [0, 0.1) is 6.92 Å². The van der Waals surface area contributed by atoms with Crippen molar-refractivity contribution < 1.29 is 4.74 Å². The van der Waals surface area contributed by atoms with Crippen molar-refractivity contribution in [2.24, 2.45) is 0 Å². The van der Waals surface area contributed by atoms with E-state index in [9.17, 15) is 0 Å². The molecule has 1 N–H and O–H groups in total. The van der Waals surface area contributed by atoms with Crippen molar-refractivity contribution in [3.05, 3.63) is 11.9 Å². The van der Waals surface area contributed by atoms with E-state index < -0.39 is 0 Å². The number of nitrogens with one attached hydrogen (secondary N) is 1. The van der Waals surface area contributed by atoms with Gasteiger partial charge in [-0.25, -0.2) is 9.97 Å². The standard InChI is InChI=1S/C15H26N4O/c1-4-19(9-10-20-3)15-12(2)14(16-11-17-15)18-13-7-5-6-8-13/h11,13H,4-10H2,1-3H3,(H,16,17,18). The summed E-state index contributed by atoms with van der Waals surface area (Å²) in [7, 11) is 1.73. The Labute approximate surface area is 121 Å². The van der Waals surface area contributed by atoms with E-state index >= 15 is 0 Å². The summed E-state index contributed by atoms with van der Waals surface area (Å²) in [6.45, 7) is 6.73. The van der Waals surface area contributed by atoms with Crippen LogP contribution in [0.2, 0.25) is 0 Å². The van der Waals surface area contributed by atoms with Crippen molar-refractivity contribution in [1.29, 1.82) is 0 Å². The molecular weight excluding hydrogens is 252 g/mol. The third-order valence-corrected chi connectivity index (χ3v) is 4.00. The first kappa shape index (κ1) is 15.0. The first-order chi connectivity index (χ1) is 9.76. The number of likely N-dealkylation sites (N-methyl/N-ethyl adjacent to an activating group) is 1. The first-order valence-electron chi connectivity index (χ1n) is 7.58. The molecule has 0 aliphatic heterocycles. The van der Waals surface area contributed by atoms with Crippen LogP contribution >= 0.6 is 0 Å². The molecule has 0 amide bonds. The number of rotatable bonds is 7. The molecule has 1 aromatic rings. The zero-order valence-corrected chi connectivity index (χ0v) is 12.9. The van der Waals surface area contributed by atoms with Crippen LogP contribution in [0.1, 0.15) is 38.2 Å². The van der Waals surface area contributed by atoms with Crippen LogP contribution in [-0.4, -0.2) is 42.8 Å². The molecule has 0 aromatic carbocycles. The van der Waals surface area contributed by atoms with Crippen LogP contribution in [-0.2, 0) is 4.74 Å². The highest BCUT2D eigenvalue weighted by Crippen LogP contribution is 2.26. The molecule has 0 unspecified atom stereocenters. The summed E-state index contributed by atoms with van der Waals surface area (Å²) in [5.74, 6) is 2.00. The minimum absolute atomic E-state index is 0.575. The number of aromatic nitrogens is 2. The smallest absolute Gasteiger partial charge is 0.137 e. The average Bonchev–Trinajstić information content (AvgIpc) is 2.96. The Morgan fingerprint density at radius 3 is 2.75 bits per heavy atom. The highest BCUT2D eigenvalue weighted by atomic mass is 16.5. The summed E-state index contributed by atoms with van der Waals surface area (Å²) in [5.41, 5.74) is 1.14. The molecule has 0 atom stereocenters. The van der Waals surface area contributed by atoms with Gasteiger partial charge in [0.15, 0.2) is 0 Å². The lowest BCUT2D eigenvalue weighted by Crippen LogP contribution is -2.29. The fourth-order valence-electron chi connectivity index (χ4n) is 2.78. The van der Waals surface area contributed by atoms with E-state index in [0.717, 1.165) is 30.3 Å². The lowest BCUT2D eigenvalue weighted by atomic mass is 10.2. The van der Waals surface area contributed by atoms with E-state index in [2.05, 4.69) is 34.0 Å². The van der Waals surface area contributed by atoms with Gasteiger partial charge >= 0.3 is 0 Å². The Bertz CT molecular complexity index is 418. The van der Waals surface area contributed by atoms with E-state index in [1.165, 1.54) is 25.7 Å². The molecule has 112 valence electrons. The summed E-state index contributed by atoms with van der Waals surface area (Å²) in [4.78, 5) is 11.1. The minimum atomic E-state index is 0.575. The van der Waals surface area contributed by atoms with Crippen LogP contribution < -0.4 is 10.2 Å². The van der Waals surface area contributed by atoms with Crippen molar-refractivity contribution >= 4 is 11.6 Å². The molecule has 2 rings (SSSR count). The fraction of sp³-hybridized carbons (Fsp3) is 0.733. The molecule has 1 fully saturated rings. The quantitative estimate of drug-likeness (QED) is 0.831. The van der Waals surface area contributed by atoms with Gasteiger partial charge in [0.2, 0.25) is 0 Å². The van der Waals surface area contributed by atoms with Gasteiger partial charge in [-0.3, -0.25) is 0 Å². The van der Waals surface area contributed by atoms with Crippen LogP contribution in [0.4, 0.5) is 11.6 Å². The number of nitrogens with zero attached hydrogens (tertiary/aromatic N) is 3. The van der Waals surface area contributed by atoms with Crippen molar-refractivity contribution in [3.8, 4) is 0 Å². The molecular formula is C15H26N4O. The first-order valence-corrected chi connectivity index (χ1v) is 7.58. The van der Waals surface area contributed by atoms with Gasteiger partial charge in [-0.15, -0.1) is 0 Å². The molecule has 0 radical (unpaired) electrons. The summed E-state index contributed by atoms with van der Waals surface area (Å²) >= 11 is 0. The molecule has 0 spiro atoms. The maximum Gasteiger partial charge on any atom is 0.137 e. The molecule has 0 saturated heterocycles. The van der Waals surface area contributed by atoms with Gasteiger partial charge in [0.05, 0.1) is 6.61 Å². The molecule has 1 aliphatic carbocycles. The zero-order valence-electron chi connectivity index (χ0n) is 12.9. The molecule has 20 heavy (non-hydrogen) atoms. The van der Waals surface area contributed by atoms with Crippen LogP contribution in [0.15, 0.2) is 6.33 Å². The van der Waals surface area contributed by atoms with E-state index in [4.69, 9.17) is 4.74 Å². The highest BCUT2D eigenvalue weighted by Gasteiger charge is 2.18. The molecule has 1 heterocycles. The Morgan fingerprint density at radius 2 is 2.10 bits per heavy atom. The van der Waals surface area contributed by atoms with Crippen molar-refractivity contribution in [3.63, 3.8) is 0 Å². The normalized spacial score (nSPS) is 15.6. The summed E-state index contributed by atoms with van der Waals surface area (Å²) in [5, 5.41) is 3.58. The Hall–Kier alpha value is -1.36. The summed E-state index contributed by atoms with van der Waals surface area (Å²) in [6, 6.07) is 0.575. The number of hydrogen-bond acceptors (Lipinski definition) is 5. The third-order valence-electron chi connectivity index (χ3n) is 4.00. The van der Waals surface area contributed by atoms with Gasteiger partial charge in [0.25, 0.3) is 0 Å². The second-order valence-electron chi connectivity index (χ2n) is 5.37. The van der Waals surface area contributed by atoms with Gasteiger partial charge in [-0.2, -0.15) is 0 Å². The highest BCUT2D eigenvalue weighted by molar-refractivity contribution is 5.58. The number of hydrogen-bond donors (Lipinski definition) is 1. The zero-order chi connectivity index (χ0) is 14.4. The van der Waals surface area contributed by atoms with Gasteiger partial charge in [-0.1, -0.05) is 12.8 Å². The molecule has 5 nitrogen and oxygen atoms in total. The van der Waals surface area contributed by atoms with E-state index in [-0.39, 0.29) is 0 Å². The Balaban J connectivity index is 2.12. The van der Waals surface area contributed by atoms with E-state index in [1.54, 1.807) is 13.4 Å². The van der Waals surface area contributed by atoms with Crippen molar-refractivity contribution in [2.45, 2.75) is 45.6 Å². The van der Waals surface area contributed by atoms with Gasteiger partial charge < -0.3 is 15.0 Å². The van der Waals surface area contributed by atoms with Gasteiger partial charge in [0, 0.05) is 31.8 Å². The fourth-order valence-corrected chi connectivity index (χ4v) is 2.78. The number of ether oxygens (including phenoxy) is 1. The molecule has 1 aromatic heterocycles. The average molecular weight is 278 g/mol. The van der Waals surface area contributed by atoms with Crippen LogP contribution in [0.3, 0.4) is 0 Å². The Morgan fingerprint density at radius 1 is 1.35 bits per heavy atom. The van der Waals surface area contributed by atoms with Crippen LogP contribution in [0.25, 0.3) is 0 Å². The monoisotopic (exact) mass is 278 g/mol. The van der Waals surface area contributed by atoms with Gasteiger partial charge in [0.1, 0.15) is 18.0 Å². The molecule has 1 aliphatic rings. The second-order valence-corrected chi connectivity index (χ2v) is 5.37. The summed E-state index contributed by atoms with van der Waals surface area (Å²) in [6.07, 6.45) is 6.81. The lowest BCUT2D eigenvalue weighted by molar-refractivity contribution is 0.205. The number of anilines is 2. The number of methoxy groups -OCH3 is 1. The van der Waals surface area contributed by atoms with E-state index in [0.29, 0.717) is 12.6 Å². The predicted octanol–water partition coefficient (Wildman–Crippen LogP) is 2.61. The topological polar surface area (TPSA) is 50.3 Å². The van der Waals surface area contributed by atoms with Crippen LogP contribution in [0.5, 0.6) is 0 Å². The SMILES string of the molecule is CCN(CCOC)c1ncnc(NC2CCCC2)c1C. The van der Waals surface area contributed by atoms with Crippen molar-refractivity contribution in [2.75, 3.05) is 37.0 Å². The lowest BCUT2D eigenvalue weighted by Gasteiger charge is -2.24.